The number of hydrogen-bond donors (Lipinski definition) is 1. The summed E-state index contributed by atoms with van der Waals surface area (Å²) >= 11 is 5.31. The number of amides is 2. The van der Waals surface area contributed by atoms with Crippen molar-refractivity contribution in [3.05, 3.63) is 142 Å². The number of rotatable bonds is 7. The third-order valence-electron chi connectivity index (χ3n) is 6.93. The van der Waals surface area contributed by atoms with E-state index in [9.17, 15) is 72.0 Å². The largest absolute Gasteiger partial charge is 0.386 e. The highest BCUT2D eigenvalue weighted by Gasteiger charge is 2.29. The highest BCUT2D eigenvalue weighted by Crippen LogP contribution is 2.34. The first kappa shape index (κ1) is 43.3. The van der Waals surface area contributed by atoms with Gasteiger partial charge in [-0.2, -0.15) is 0 Å². The number of nitro benzene ring substituents is 4. The minimum atomic E-state index is -1.21. The Hall–Kier alpha value is -6.84. The first-order valence-electron chi connectivity index (χ1n) is 14.4. The summed E-state index contributed by atoms with van der Waals surface area (Å²) in [5.41, 5.74) is -0.672. The number of benzene rings is 4. The van der Waals surface area contributed by atoms with Crippen molar-refractivity contribution in [3.8, 4) is 0 Å². The maximum atomic E-state index is 13.4. The summed E-state index contributed by atoms with van der Waals surface area (Å²) in [6.45, 7) is 0. The van der Waals surface area contributed by atoms with E-state index in [-0.39, 0.29) is 52.3 Å². The number of carbonyl (C=O) groups is 2. The van der Waals surface area contributed by atoms with Gasteiger partial charge in [0.05, 0.1) is 67.4 Å². The van der Waals surface area contributed by atoms with Crippen LogP contribution in [0.5, 0.6) is 0 Å². The number of halogens is 6. The van der Waals surface area contributed by atoms with Gasteiger partial charge in [0.2, 0.25) is 11.8 Å². The van der Waals surface area contributed by atoms with Crippen molar-refractivity contribution in [2.75, 3.05) is 42.1 Å². The predicted octanol–water partition coefficient (Wildman–Crippen LogP) is 6.84. The predicted molar refractivity (Wildman–Crippen MR) is 183 cm³/mol. The lowest BCUT2D eigenvalue weighted by Gasteiger charge is -2.16. The van der Waals surface area contributed by atoms with Gasteiger partial charge < -0.3 is 15.1 Å². The Morgan fingerprint density at radius 2 is 1.19 bits per heavy atom. The Bertz CT molecular complexity index is 2110. The second-order valence-corrected chi connectivity index (χ2v) is 10.6. The van der Waals surface area contributed by atoms with Crippen LogP contribution in [0.2, 0.25) is 0 Å². The summed E-state index contributed by atoms with van der Waals surface area (Å²) in [6, 6.07) is 10.7. The number of nitrogens with one attached hydrogen (secondary N) is 1. The molecule has 0 aliphatic carbocycles. The van der Waals surface area contributed by atoms with E-state index in [1.54, 1.807) is 7.05 Å². The van der Waals surface area contributed by atoms with Gasteiger partial charge in [0, 0.05) is 45.4 Å². The van der Waals surface area contributed by atoms with Gasteiger partial charge in [-0.15, -0.1) is 11.6 Å². The number of nitrogens with zero attached hydrogens (tertiary/aromatic N) is 6. The molecule has 0 radical (unpaired) electrons. The van der Waals surface area contributed by atoms with Crippen LogP contribution in [-0.2, 0) is 16.0 Å². The van der Waals surface area contributed by atoms with Crippen LogP contribution in [0.15, 0.2) is 66.7 Å². The second-order valence-electron chi connectivity index (χ2n) is 10.3. The molecule has 0 atom stereocenters. The van der Waals surface area contributed by atoms with Gasteiger partial charge in [-0.05, 0) is 23.8 Å². The zero-order valence-electron chi connectivity index (χ0n) is 27.8. The van der Waals surface area contributed by atoms with Gasteiger partial charge in [-0.25, -0.2) is 22.0 Å². The summed E-state index contributed by atoms with van der Waals surface area (Å²) in [7, 11) is 4.34. The molecular weight excluding hydrogens is 761 g/mol. The number of hydrogen-bond acceptors (Lipinski definition) is 11. The van der Waals surface area contributed by atoms with Gasteiger partial charge in [0.15, 0.2) is 29.1 Å². The van der Waals surface area contributed by atoms with E-state index < -0.39 is 60.4 Å². The molecule has 4 aromatic carbocycles. The summed E-state index contributed by atoms with van der Waals surface area (Å²) in [5.74, 6) is -5.52. The maximum Gasteiger partial charge on any atom is 0.272 e. The fourth-order valence-corrected chi connectivity index (χ4v) is 4.37. The van der Waals surface area contributed by atoms with Crippen molar-refractivity contribution in [2.45, 2.75) is 6.42 Å². The minimum Gasteiger partial charge on any atom is -0.386 e. The Labute approximate surface area is 304 Å². The normalized spacial score (nSPS) is 11.0. The summed E-state index contributed by atoms with van der Waals surface area (Å²) < 4.78 is 64.1. The van der Waals surface area contributed by atoms with Crippen LogP contribution in [0.4, 0.5) is 61.8 Å². The SMILES string of the molecule is CN(C(=O)CCl)c1ccc([N+](=O)[O-])cc1F.CN1C(=O)Cc2cc([N+](=O)[O-])cc(F)c21.CNc1ccc([N+](=O)[O-])cc1F.O=[N+]([O-])c1ccc(F)c(F)c1. The van der Waals surface area contributed by atoms with Crippen molar-refractivity contribution in [3.63, 3.8) is 0 Å². The summed E-state index contributed by atoms with van der Waals surface area (Å²) in [4.78, 5) is 62.8. The second kappa shape index (κ2) is 19.1. The highest BCUT2D eigenvalue weighted by molar-refractivity contribution is 6.29. The van der Waals surface area contributed by atoms with Gasteiger partial charge in [-0.1, -0.05) is 0 Å². The number of likely N-dealkylation sites (N-methyl/N-ethyl adjacent to an activating group) is 1. The van der Waals surface area contributed by atoms with Crippen molar-refractivity contribution < 1.29 is 51.2 Å². The zero-order chi connectivity index (χ0) is 41.0. The molecule has 1 heterocycles. The minimum absolute atomic E-state index is 0.0183. The number of fused-ring (bicyclic) bond motifs is 1. The van der Waals surface area contributed by atoms with Crippen molar-refractivity contribution in [2.24, 2.45) is 0 Å². The molecule has 0 unspecified atom stereocenters. The monoisotopic (exact) mass is 785 g/mol. The van der Waals surface area contributed by atoms with E-state index in [0.717, 1.165) is 41.3 Å². The average Bonchev–Trinajstić information content (AvgIpc) is 3.41. The molecule has 0 saturated carbocycles. The molecule has 0 bridgehead atoms. The molecule has 0 aromatic heterocycles. The van der Waals surface area contributed by atoms with E-state index in [2.05, 4.69) is 5.32 Å². The number of carbonyl (C=O) groups excluding carboxylic acids is 2. The number of alkyl halides is 1. The molecule has 1 N–H and O–H groups in total. The van der Waals surface area contributed by atoms with Gasteiger partial charge in [0.25, 0.3) is 22.7 Å². The fraction of sp³-hybridized carbons (Fsp3) is 0.161. The van der Waals surface area contributed by atoms with E-state index in [1.165, 1.54) is 37.2 Å². The Morgan fingerprint density at radius 3 is 1.63 bits per heavy atom. The molecule has 17 nitrogen and oxygen atoms in total. The first-order valence-corrected chi connectivity index (χ1v) is 15.0. The molecule has 1 aliphatic heterocycles. The van der Waals surface area contributed by atoms with Gasteiger partial charge >= 0.3 is 0 Å². The quantitative estimate of drug-likeness (QED) is 0.0883. The van der Waals surface area contributed by atoms with Crippen LogP contribution < -0.4 is 15.1 Å². The molecule has 0 spiro atoms. The van der Waals surface area contributed by atoms with Crippen molar-refractivity contribution in [1.29, 1.82) is 0 Å². The standard InChI is InChI=1S/C9H8ClFN2O3.C9H7FN2O3.C7H7FN2O2.C6H3F2NO2/c1-12(9(14)5-10)8-3-2-6(13(15)16)4-7(8)11;1-11-8(13)3-5-2-6(12(14)15)4-7(10)9(5)11;1-9-7-3-2-5(10(11)12)4-6(7)8;7-5-2-1-4(9(10)11)3-6(5)8/h2-4H,5H2,1H3;2,4H,3H2,1H3;2-4,9H,1H3;1-3H. The maximum absolute atomic E-state index is 13.4. The number of nitro groups is 4. The smallest absolute Gasteiger partial charge is 0.272 e. The molecule has 5 rings (SSSR count). The third kappa shape index (κ3) is 11.3. The van der Waals surface area contributed by atoms with E-state index >= 15 is 0 Å². The van der Waals surface area contributed by atoms with Crippen LogP contribution in [0.1, 0.15) is 5.56 Å². The van der Waals surface area contributed by atoms with Crippen molar-refractivity contribution >= 4 is 63.2 Å². The Balaban J connectivity index is 0.000000252. The first-order chi connectivity index (χ1) is 25.2. The molecular formula is C31H25ClF5N7O10. The van der Waals surface area contributed by atoms with Crippen LogP contribution in [0.3, 0.4) is 0 Å². The molecule has 54 heavy (non-hydrogen) atoms. The highest BCUT2D eigenvalue weighted by atomic mass is 35.5. The lowest BCUT2D eigenvalue weighted by atomic mass is 10.1. The van der Waals surface area contributed by atoms with Crippen LogP contribution >= 0.6 is 11.6 Å². The molecule has 0 saturated heterocycles. The summed E-state index contributed by atoms with van der Waals surface area (Å²) in [6.07, 6.45) is 0.0183. The van der Waals surface area contributed by atoms with Crippen LogP contribution in [0, 0.1) is 69.5 Å². The lowest BCUT2D eigenvalue weighted by molar-refractivity contribution is -0.385. The van der Waals surface area contributed by atoms with Crippen LogP contribution in [-0.4, -0.2) is 58.5 Å². The Morgan fingerprint density at radius 1 is 0.722 bits per heavy atom. The third-order valence-corrected chi connectivity index (χ3v) is 7.16. The number of anilines is 3. The van der Waals surface area contributed by atoms with Crippen molar-refractivity contribution in [1.82, 2.24) is 0 Å². The molecule has 2 amide bonds. The van der Waals surface area contributed by atoms with E-state index in [1.807, 2.05) is 0 Å². The molecule has 4 aromatic rings. The zero-order valence-corrected chi connectivity index (χ0v) is 28.6. The Kier molecular flexibility index (Phi) is 15.3. The number of non-ortho nitro benzene ring substituents is 4. The lowest BCUT2D eigenvalue weighted by Crippen LogP contribution is -2.28. The van der Waals surface area contributed by atoms with Gasteiger partial charge in [-0.3, -0.25) is 50.0 Å². The average molecular weight is 786 g/mol. The molecule has 0 fully saturated rings. The van der Waals surface area contributed by atoms with E-state index in [4.69, 9.17) is 11.6 Å². The topological polar surface area (TPSA) is 225 Å². The van der Waals surface area contributed by atoms with Crippen LogP contribution in [0.25, 0.3) is 0 Å². The fourth-order valence-electron chi connectivity index (χ4n) is 4.19. The molecule has 286 valence electrons. The molecule has 23 heteroatoms. The summed E-state index contributed by atoms with van der Waals surface area (Å²) in [5, 5.41) is 43.5. The van der Waals surface area contributed by atoms with E-state index in [0.29, 0.717) is 17.7 Å². The molecule has 1 aliphatic rings. The van der Waals surface area contributed by atoms with Gasteiger partial charge in [0.1, 0.15) is 5.88 Å².